The molecule has 1 amide bonds. The van der Waals surface area contributed by atoms with E-state index in [0.29, 0.717) is 34.6 Å². The minimum Gasteiger partial charge on any atom is -0.480 e. The number of aromatic nitrogens is 1. The Bertz CT molecular complexity index is 1460. The number of hydrogen-bond donors (Lipinski definition) is 2. The van der Waals surface area contributed by atoms with Crippen molar-refractivity contribution in [3.63, 3.8) is 0 Å². The van der Waals surface area contributed by atoms with Crippen LogP contribution >= 0.6 is 34.7 Å². The van der Waals surface area contributed by atoms with E-state index in [4.69, 9.17) is 36.8 Å². The van der Waals surface area contributed by atoms with Crippen LogP contribution in [-0.2, 0) is 21.6 Å². The van der Waals surface area contributed by atoms with Gasteiger partial charge in [0, 0.05) is 16.7 Å². The summed E-state index contributed by atoms with van der Waals surface area (Å²) in [5.41, 5.74) is 0.167. The highest BCUT2D eigenvalue weighted by molar-refractivity contribution is 7.11. The normalized spacial score (nSPS) is 13.8. The smallest absolute Gasteiger partial charge is 0.412 e. The average Bonchev–Trinajstić information content (AvgIpc) is 3.25. The molecule has 0 saturated heterocycles. The van der Waals surface area contributed by atoms with Crippen molar-refractivity contribution in [2.45, 2.75) is 24.9 Å². The molecule has 0 atom stereocenters. The summed E-state index contributed by atoms with van der Waals surface area (Å²) in [6.45, 7) is -0.0156. The maximum Gasteiger partial charge on any atom is 0.412 e. The van der Waals surface area contributed by atoms with Crippen LogP contribution in [0.25, 0.3) is 11.2 Å². The molecule has 5 rings (SSSR count). The molecule has 1 aliphatic carbocycles. The summed E-state index contributed by atoms with van der Waals surface area (Å²) in [6, 6.07) is 10.3. The number of aliphatic carboxylic acids is 1. The third-order valence-electron chi connectivity index (χ3n) is 5.34. The number of carboxylic acid groups (broad SMARTS) is 1. The van der Waals surface area contributed by atoms with Gasteiger partial charge in [0.1, 0.15) is 27.8 Å². The molecule has 1 aliphatic rings. The third kappa shape index (κ3) is 4.23. The van der Waals surface area contributed by atoms with Crippen molar-refractivity contribution >= 4 is 63.7 Å². The number of benzene rings is 1. The number of amides is 1. The Morgan fingerprint density at radius 2 is 2.00 bits per heavy atom. The van der Waals surface area contributed by atoms with Gasteiger partial charge in [-0.3, -0.25) is 10.1 Å². The molecule has 11 heteroatoms. The van der Waals surface area contributed by atoms with Gasteiger partial charge in [-0.05, 0) is 48.3 Å². The van der Waals surface area contributed by atoms with E-state index in [0.717, 1.165) is 11.5 Å². The number of anilines is 1. The van der Waals surface area contributed by atoms with E-state index < -0.39 is 17.5 Å². The number of furan rings is 2. The molecule has 3 aromatic heterocycles. The molecule has 0 radical (unpaired) electrons. The molecule has 172 valence electrons. The first-order valence-corrected chi connectivity index (χ1v) is 11.5. The second kappa shape index (κ2) is 8.72. The molecule has 1 fully saturated rings. The molecule has 3 heterocycles. The first kappa shape index (κ1) is 22.3. The molecular weight excluding hydrogens is 503 g/mol. The maximum absolute atomic E-state index is 12.2. The molecule has 4 aromatic rings. The van der Waals surface area contributed by atoms with E-state index in [1.807, 2.05) is 0 Å². The van der Waals surface area contributed by atoms with Gasteiger partial charge in [0.25, 0.3) is 5.78 Å². The summed E-state index contributed by atoms with van der Waals surface area (Å²) < 4.78 is 20.8. The summed E-state index contributed by atoms with van der Waals surface area (Å²) >= 11 is 13.2. The van der Waals surface area contributed by atoms with Crippen LogP contribution in [0, 0.1) is 11.8 Å². The summed E-state index contributed by atoms with van der Waals surface area (Å²) in [5, 5.41) is 13.1. The van der Waals surface area contributed by atoms with Crippen molar-refractivity contribution in [2.75, 3.05) is 5.32 Å². The number of hydrogen-bond acceptors (Lipinski definition) is 7. The second-order valence-electron chi connectivity index (χ2n) is 7.57. The van der Waals surface area contributed by atoms with E-state index in [-0.39, 0.29) is 33.9 Å². The highest BCUT2D eigenvalue weighted by Crippen LogP contribution is 2.50. The largest absolute Gasteiger partial charge is 0.480 e. The number of rotatable bonds is 5. The lowest BCUT2D eigenvalue weighted by molar-refractivity contribution is -0.140. The zero-order chi connectivity index (χ0) is 23.9. The molecule has 2 N–H and O–H groups in total. The van der Waals surface area contributed by atoms with Gasteiger partial charge in [-0.2, -0.15) is 4.37 Å². The molecule has 0 bridgehead atoms. The fraction of sp³-hybridized carbons (Fsp3) is 0.174. The average molecular weight is 517 g/mol. The van der Waals surface area contributed by atoms with Crippen LogP contribution < -0.4 is 5.32 Å². The van der Waals surface area contributed by atoms with Crippen molar-refractivity contribution in [3.05, 3.63) is 68.5 Å². The highest BCUT2D eigenvalue weighted by Gasteiger charge is 2.54. The molecule has 0 spiro atoms. The standard InChI is InChI=1S/C23H14Cl2N2O6S/c24-15-4-2-1-3-12(15)11-31-22(30)26-18-16(27-34-19(18)25)6-5-14-9-13-10-17(33-20(13)32-14)23(7-8-23)21(28)29/h1-4,9-10H,7-8,11H2,(H,26,30)(H,28,29). The van der Waals surface area contributed by atoms with Crippen molar-refractivity contribution in [1.29, 1.82) is 0 Å². The third-order valence-corrected chi connectivity index (χ3v) is 6.75. The van der Waals surface area contributed by atoms with Gasteiger partial charge in [-0.15, -0.1) is 0 Å². The number of ether oxygens (including phenoxy) is 1. The number of nitrogens with one attached hydrogen (secondary N) is 1. The minimum absolute atomic E-state index is 0.0156. The van der Waals surface area contributed by atoms with Crippen LogP contribution in [0.3, 0.4) is 0 Å². The van der Waals surface area contributed by atoms with E-state index in [9.17, 15) is 14.7 Å². The molecular formula is C23H14Cl2N2O6S. The zero-order valence-corrected chi connectivity index (χ0v) is 19.5. The summed E-state index contributed by atoms with van der Waals surface area (Å²) in [5.74, 6) is 5.57. The number of carboxylic acids is 1. The Labute approximate surface area is 206 Å². The SMILES string of the molecule is O=C(Nc1c(C#Cc2cc3cc(C4(C(=O)O)CC4)oc3o2)nsc1Cl)OCc1ccccc1Cl. The first-order valence-electron chi connectivity index (χ1n) is 9.97. The van der Waals surface area contributed by atoms with Gasteiger partial charge < -0.3 is 18.7 Å². The van der Waals surface area contributed by atoms with Crippen LogP contribution in [0.5, 0.6) is 0 Å². The van der Waals surface area contributed by atoms with Gasteiger partial charge >= 0.3 is 12.1 Å². The Morgan fingerprint density at radius 1 is 1.21 bits per heavy atom. The molecule has 34 heavy (non-hydrogen) atoms. The van der Waals surface area contributed by atoms with Crippen molar-refractivity contribution < 1.29 is 28.3 Å². The predicted octanol–water partition coefficient (Wildman–Crippen LogP) is 6.05. The van der Waals surface area contributed by atoms with Gasteiger partial charge in [-0.25, -0.2) is 4.79 Å². The topological polar surface area (TPSA) is 115 Å². The number of nitrogens with zero attached hydrogens (tertiary/aromatic N) is 1. The molecule has 1 saturated carbocycles. The highest BCUT2D eigenvalue weighted by atomic mass is 35.5. The van der Waals surface area contributed by atoms with Gasteiger partial charge in [0.2, 0.25) is 0 Å². The first-order chi connectivity index (χ1) is 16.4. The quantitative estimate of drug-likeness (QED) is 0.310. The lowest BCUT2D eigenvalue weighted by atomic mass is 10.0. The summed E-state index contributed by atoms with van der Waals surface area (Å²) in [7, 11) is 0. The second-order valence-corrected chi connectivity index (χ2v) is 9.36. The Kier molecular flexibility index (Phi) is 5.73. The van der Waals surface area contributed by atoms with Crippen LogP contribution in [0.1, 0.15) is 35.6 Å². The van der Waals surface area contributed by atoms with Gasteiger partial charge in [0.05, 0.1) is 5.39 Å². The van der Waals surface area contributed by atoms with Crippen LogP contribution in [0.15, 0.2) is 45.2 Å². The molecule has 0 aliphatic heterocycles. The number of carbonyl (C=O) groups excluding carboxylic acids is 1. The van der Waals surface area contributed by atoms with E-state index in [1.54, 1.807) is 36.4 Å². The van der Waals surface area contributed by atoms with Crippen molar-refractivity contribution in [2.24, 2.45) is 0 Å². The predicted molar refractivity (Wildman–Crippen MR) is 125 cm³/mol. The van der Waals surface area contributed by atoms with Crippen LogP contribution in [-0.4, -0.2) is 21.5 Å². The van der Waals surface area contributed by atoms with Crippen molar-refractivity contribution in [3.8, 4) is 11.8 Å². The van der Waals surface area contributed by atoms with Crippen LogP contribution in [0.4, 0.5) is 10.5 Å². The zero-order valence-electron chi connectivity index (χ0n) is 17.2. The lowest BCUT2D eigenvalue weighted by Gasteiger charge is -2.07. The van der Waals surface area contributed by atoms with Crippen molar-refractivity contribution in [1.82, 2.24) is 4.37 Å². The Hall–Kier alpha value is -3.45. The monoisotopic (exact) mass is 516 g/mol. The van der Waals surface area contributed by atoms with E-state index >= 15 is 0 Å². The Morgan fingerprint density at radius 3 is 2.71 bits per heavy atom. The lowest BCUT2D eigenvalue weighted by Crippen LogP contribution is -2.18. The molecule has 1 aromatic carbocycles. The molecule has 8 nitrogen and oxygen atoms in total. The number of fused-ring (bicyclic) bond motifs is 1. The maximum atomic E-state index is 12.2. The minimum atomic E-state index is -0.953. The fourth-order valence-electron chi connectivity index (χ4n) is 3.31. The van der Waals surface area contributed by atoms with Gasteiger partial charge in [-0.1, -0.05) is 41.4 Å². The fourth-order valence-corrected chi connectivity index (χ4v) is 4.29. The van der Waals surface area contributed by atoms with E-state index in [1.165, 1.54) is 0 Å². The summed E-state index contributed by atoms with van der Waals surface area (Å²) in [4.78, 5) is 23.7. The number of halogens is 2. The van der Waals surface area contributed by atoms with Gasteiger partial charge in [0.15, 0.2) is 11.5 Å². The van der Waals surface area contributed by atoms with E-state index in [2.05, 4.69) is 21.5 Å². The number of carbonyl (C=O) groups is 2. The van der Waals surface area contributed by atoms with Crippen LogP contribution in [0.2, 0.25) is 9.36 Å². The molecule has 0 unspecified atom stereocenters. The Balaban J connectivity index is 1.29. The summed E-state index contributed by atoms with van der Waals surface area (Å²) in [6.07, 6.45) is 0.332.